The van der Waals surface area contributed by atoms with Gasteiger partial charge in [0.15, 0.2) is 0 Å². The lowest BCUT2D eigenvalue weighted by Crippen LogP contribution is -2.49. The number of rotatable bonds is 2. The summed E-state index contributed by atoms with van der Waals surface area (Å²) in [5, 5.41) is 10.3. The van der Waals surface area contributed by atoms with Crippen molar-refractivity contribution < 1.29 is 0 Å². The van der Waals surface area contributed by atoms with E-state index in [2.05, 4.69) is 17.9 Å². The Morgan fingerprint density at radius 1 is 1.43 bits per heavy atom. The average Bonchev–Trinajstić information content (AvgIpc) is 2.53. The number of aromatic nitrogens is 1. The molecule has 1 fully saturated rings. The van der Waals surface area contributed by atoms with Gasteiger partial charge in [0.25, 0.3) is 0 Å². The van der Waals surface area contributed by atoms with Crippen molar-refractivity contribution in [2.45, 2.75) is 25.8 Å². The van der Waals surface area contributed by atoms with E-state index in [1.165, 1.54) is 6.42 Å². The number of nitrogens with zero attached hydrogens (tertiary/aromatic N) is 3. The Kier molecular flexibility index (Phi) is 3.76. The zero-order valence-corrected chi connectivity index (χ0v) is 12.3. The van der Waals surface area contributed by atoms with Gasteiger partial charge in [-0.15, -0.1) is 0 Å². The van der Waals surface area contributed by atoms with Crippen LogP contribution in [0.4, 0.5) is 5.82 Å². The van der Waals surface area contributed by atoms with Crippen LogP contribution in [-0.4, -0.2) is 24.1 Å². The average molecular weight is 280 g/mol. The quantitative estimate of drug-likeness (QED) is 0.918. The molecule has 4 heteroatoms. The largest absolute Gasteiger partial charge is 0.352 e. The van der Waals surface area contributed by atoms with E-state index in [-0.39, 0.29) is 0 Å². The van der Waals surface area contributed by atoms with Crippen LogP contribution in [0.2, 0.25) is 0 Å². The fourth-order valence-electron chi connectivity index (χ4n) is 3.29. The number of pyridine rings is 1. The van der Waals surface area contributed by atoms with Gasteiger partial charge in [-0.3, -0.25) is 0 Å². The molecule has 0 radical (unpaired) electrons. The molecule has 0 saturated carbocycles. The maximum atomic E-state index is 9.41. The molecule has 4 nitrogen and oxygen atoms in total. The van der Waals surface area contributed by atoms with Crippen LogP contribution in [0.15, 0.2) is 30.3 Å². The SMILES string of the molecule is CC1CCCN(c2cc(C#N)c3ccccc3n2)C1CN. The second-order valence-corrected chi connectivity index (χ2v) is 5.77. The van der Waals surface area contributed by atoms with Gasteiger partial charge in [-0.25, -0.2) is 4.98 Å². The fourth-order valence-corrected chi connectivity index (χ4v) is 3.29. The van der Waals surface area contributed by atoms with Crippen LogP contribution in [0.1, 0.15) is 25.3 Å². The van der Waals surface area contributed by atoms with Crippen molar-refractivity contribution in [2.75, 3.05) is 18.0 Å². The molecule has 2 atom stereocenters. The number of nitriles is 1. The molecule has 2 aromatic rings. The van der Waals surface area contributed by atoms with Gasteiger partial charge in [0.2, 0.25) is 0 Å². The number of benzene rings is 1. The zero-order chi connectivity index (χ0) is 14.8. The number of para-hydroxylation sites is 1. The van der Waals surface area contributed by atoms with Crippen molar-refractivity contribution in [3.8, 4) is 6.07 Å². The number of piperidine rings is 1. The standard InChI is InChI=1S/C17H20N4/c1-12-5-4-8-21(16(12)11-19)17-9-13(10-18)14-6-2-3-7-15(14)20-17/h2-3,6-7,9,12,16H,4-5,8,11,19H2,1H3. The normalized spacial score (nSPS) is 22.2. The highest BCUT2D eigenvalue weighted by Gasteiger charge is 2.28. The van der Waals surface area contributed by atoms with E-state index in [4.69, 9.17) is 10.7 Å². The predicted octanol–water partition coefficient (Wildman–Crippen LogP) is 2.67. The summed E-state index contributed by atoms with van der Waals surface area (Å²) in [4.78, 5) is 7.04. The maximum Gasteiger partial charge on any atom is 0.130 e. The highest BCUT2D eigenvalue weighted by atomic mass is 15.2. The van der Waals surface area contributed by atoms with E-state index in [1.54, 1.807) is 0 Å². The van der Waals surface area contributed by atoms with Gasteiger partial charge in [-0.1, -0.05) is 25.1 Å². The van der Waals surface area contributed by atoms with Crippen LogP contribution in [0.5, 0.6) is 0 Å². The summed E-state index contributed by atoms with van der Waals surface area (Å²) in [5.41, 5.74) is 7.53. The van der Waals surface area contributed by atoms with Crippen molar-refractivity contribution in [3.63, 3.8) is 0 Å². The molecule has 1 aromatic carbocycles. The third-order valence-electron chi connectivity index (χ3n) is 4.47. The summed E-state index contributed by atoms with van der Waals surface area (Å²) in [6.45, 7) is 3.83. The lowest BCUT2D eigenvalue weighted by atomic mass is 9.90. The molecule has 108 valence electrons. The van der Waals surface area contributed by atoms with Crippen molar-refractivity contribution in [3.05, 3.63) is 35.9 Å². The molecular formula is C17H20N4. The molecule has 1 aliphatic rings. The van der Waals surface area contributed by atoms with Crippen molar-refractivity contribution >= 4 is 16.7 Å². The highest BCUT2D eigenvalue weighted by Crippen LogP contribution is 2.29. The van der Waals surface area contributed by atoms with Gasteiger partial charge in [0.05, 0.1) is 17.1 Å². The molecule has 1 aliphatic heterocycles. The van der Waals surface area contributed by atoms with Crippen molar-refractivity contribution in [2.24, 2.45) is 11.7 Å². The van der Waals surface area contributed by atoms with E-state index < -0.39 is 0 Å². The molecule has 0 spiro atoms. The summed E-state index contributed by atoms with van der Waals surface area (Å²) < 4.78 is 0. The molecule has 0 amide bonds. The molecule has 2 heterocycles. The number of fused-ring (bicyclic) bond motifs is 1. The Hall–Kier alpha value is -2.12. The van der Waals surface area contributed by atoms with E-state index in [9.17, 15) is 5.26 Å². The first-order valence-corrected chi connectivity index (χ1v) is 7.51. The summed E-state index contributed by atoms with van der Waals surface area (Å²) in [7, 11) is 0. The van der Waals surface area contributed by atoms with E-state index >= 15 is 0 Å². The molecular weight excluding hydrogens is 260 g/mol. The van der Waals surface area contributed by atoms with Gasteiger partial charge >= 0.3 is 0 Å². The third-order valence-corrected chi connectivity index (χ3v) is 4.47. The summed E-state index contributed by atoms with van der Waals surface area (Å²) in [6.07, 6.45) is 2.35. The molecule has 21 heavy (non-hydrogen) atoms. The number of anilines is 1. The topological polar surface area (TPSA) is 65.9 Å². The Morgan fingerprint density at radius 2 is 2.24 bits per heavy atom. The first-order valence-electron chi connectivity index (χ1n) is 7.51. The number of hydrogen-bond donors (Lipinski definition) is 1. The lowest BCUT2D eigenvalue weighted by Gasteiger charge is -2.40. The van der Waals surface area contributed by atoms with E-state index in [0.717, 1.165) is 29.7 Å². The maximum absolute atomic E-state index is 9.41. The Balaban J connectivity index is 2.09. The monoisotopic (exact) mass is 280 g/mol. The van der Waals surface area contributed by atoms with Gasteiger partial charge < -0.3 is 10.6 Å². The molecule has 1 saturated heterocycles. The minimum absolute atomic E-state index is 0.305. The summed E-state index contributed by atoms with van der Waals surface area (Å²) in [5.74, 6) is 1.44. The van der Waals surface area contributed by atoms with Crippen LogP contribution >= 0.6 is 0 Å². The minimum Gasteiger partial charge on any atom is -0.352 e. The van der Waals surface area contributed by atoms with Crippen LogP contribution in [0, 0.1) is 17.2 Å². The van der Waals surface area contributed by atoms with Crippen molar-refractivity contribution in [1.82, 2.24) is 4.98 Å². The third kappa shape index (κ3) is 2.45. The first-order chi connectivity index (χ1) is 10.2. The molecule has 0 aliphatic carbocycles. The number of hydrogen-bond acceptors (Lipinski definition) is 4. The molecule has 2 N–H and O–H groups in total. The molecule has 2 unspecified atom stereocenters. The van der Waals surface area contributed by atoms with Crippen LogP contribution in [0.3, 0.4) is 0 Å². The summed E-state index contributed by atoms with van der Waals surface area (Å²) >= 11 is 0. The Labute approximate surface area is 125 Å². The van der Waals surface area contributed by atoms with E-state index in [0.29, 0.717) is 24.1 Å². The Morgan fingerprint density at radius 3 is 3.00 bits per heavy atom. The van der Waals surface area contributed by atoms with Crippen LogP contribution < -0.4 is 10.6 Å². The van der Waals surface area contributed by atoms with E-state index in [1.807, 2.05) is 30.3 Å². The lowest BCUT2D eigenvalue weighted by molar-refractivity contribution is 0.348. The molecule has 1 aromatic heterocycles. The number of nitrogens with two attached hydrogens (primary N) is 1. The Bertz CT molecular complexity index is 689. The van der Waals surface area contributed by atoms with Gasteiger partial charge in [0, 0.05) is 24.5 Å². The smallest absolute Gasteiger partial charge is 0.130 e. The molecule has 3 rings (SSSR count). The van der Waals surface area contributed by atoms with Gasteiger partial charge in [-0.2, -0.15) is 5.26 Å². The zero-order valence-electron chi connectivity index (χ0n) is 12.3. The minimum atomic E-state index is 0.305. The van der Waals surface area contributed by atoms with Gasteiger partial charge in [0.1, 0.15) is 5.82 Å². The van der Waals surface area contributed by atoms with Crippen molar-refractivity contribution in [1.29, 1.82) is 5.26 Å². The molecule has 0 bridgehead atoms. The second kappa shape index (κ2) is 5.71. The second-order valence-electron chi connectivity index (χ2n) is 5.77. The van der Waals surface area contributed by atoms with Crippen LogP contribution in [-0.2, 0) is 0 Å². The highest BCUT2D eigenvalue weighted by molar-refractivity contribution is 5.86. The predicted molar refractivity (Wildman–Crippen MR) is 85.0 cm³/mol. The van der Waals surface area contributed by atoms with Crippen LogP contribution in [0.25, 0.3) is 10.9 Å². The fraction of sp³-hybridized carbons (Fsp3) is 0.412. The first kappa shape index (κ1) is 13.8. The van der Waals surface area contributed by atoms with Gasteiger partial charge in [-0.05, 0) is 30.9 Å². The summed E-state index contributed by atoms with van der Waals surface area (Å²) in [6, 6.07) is 12.3.